The second kappa shape index (κ2) is 10.2. The van der Waals surface area contributed by atoms with E-state index in [1.165, 1.54) is 24.3 Å². The highest BCUT2D eigenvalue weighted by molar-refractivity contribution is 5.96. The molecule has 1 aliphatic rings. The minimum atomic E-state index is -0.668. The van der Waals surface area contributed by atoms with Gasteiger partial charge in [0, 0.05) is 17.6 Å². The number of aromatic nitrogens is 1. The molecule has 0 atom stereocenters. The van der Waals surface area contributed by atoms with Crippen LogP contribution in [-0.2, 0) is 0 Å². The molecule has 1 saturated carbocycles. The summed E-state index contributed by atoms with van der Waals surface area (Å²) in [7, 11) is 0. The number of pyridine rings is 1. The van der Waals surface area contributed by atoms with Crippen molar-refractivity contribution >= 4 is 11.8 Å². The third-order valence-electron chi connectivity index (χ3n) is 5.52. The molecule has 0 spiro atoms. The van der Waals surface area contributed by atoms with Gasteiger partial charge in [-0.1, -0.05) is 18.2 Å². The van der Waals surface area contributed by atoms with E-state index in [1.807, 2.05) is 18.2 Å². The number of benzene rings is 2. The van der Waals surface area contributed by atoms with Gasteiger partial charge in [0.1, 0.15) is 22.9 Å². The molecule has 1 fully saturated rings. The van der Waals surface area contributed by atoms with Crippen molar-refractivity contribution in [1.29, 1.82) is 0 Å². The van der Waals surface area contributed by atoms with E-state index in [2.05, 4.69) is 15.6 Å². The highest BCUT2D eigenvalue weighted by atomic mass is 19.1. The van der Waals surface area contributed by atoms with E-state index in [9.17, 15) is 18.4 Å². The molecule has 1 aromatic heterocycles. The number of hydrogen-bond donors (Lipinski definition) is 2. The van der Waals surface area contributed by atoms with Crippen molar-refractivity contribution in [3.05, 3.63) is 89.6 Å². The summed E-state index contributed by atoms with van der Waals surface area (Å²) >= 11 is 0. The molecule has 0 aliphatic heterocycles. The van der Waals surface area contributed by atoms with Gasteiger partial charge < -0.3 is 15.4 Å². The molecule has 1 aliphatic carbocycles. The highest BCUT2D eigenvalue weighted by Crippen LogP contribution is 2.25. The zero-order chi connectivity index (χ0) is 23.2. The SMILES string of the molecule is O=C(NC1CCC(NC(=O)c2cc(F)cnc2Oc2ccc(F)cc2)CC1)c1ccccc1. The van der Waals surface area contributed by atoms with Gasteiger partial charge in [0.25, 0.3) is 11.8 Å². The van der Waals surface area contributed by atoms with Gasteiger partial charge in [0.05, 0.1) is 6.20 Å². The normalized spacial score (nSPS) is 17.8. The molecule has 2 N–H and O–H groups in total. The maximum absolute atomic E-state index is 13.8. The third-order valence-corrected chi connectivity index (χ3v) is 5.52. The van der Waals surface area contributed by atoms with Gasteiger partial charge in [-0.05, 0) is 68.1 Å². The summed E-state index contributed by atoms with van der Waals surface area (Å²) in [4.78, 5) is 29.1. The number of carbonyl (C=O) groups excluding carboxylic acids is 2. The summed E-state index contributed by atoms with van der Waals surface area (Å²) in [5, 5.41) is 5.94. The predicted octanol–water partition coefficient (Wildman–Crippen LogP) is 4.62. The quantitative estimate of drug-likeness (QED) is 0.573. The van der Waals surface area contributed by atoms with Crippen molar-refractivity contribution in [1.82, 2.24) is 15.6 Å². The summed E-state index contributed by atoms with van der Waals surface area (Å²) in [5.74, 6) is -1.50. The maximum Gasteiger partial charge on any atom is 0.257 e. The molecule has 2 aromatic carbocycles. The Kier molecular flexibility index (Phi) is 6.92. The summed E-state index contributed by atoms with van der Waals surface area (Å²) < 4.78 is 32.5. The molecule has 33 heavy (non-hydrogen) atoms. The first kappa shape index (κ1) is 22.4. The maximum atomic E-state index is 13.8. The first-order valence-electron chi connectivity index (χ1n) is 10.7. The van der Waals surface area contributed by atoms with E-state index < -0.39 is 17.5 Å². The predicted molar refractivity (Wildman–Crippen MR) is 118 cm³/mol. The van der Waals surface area contributed by atoms with Gasteiger partial charge in [-0.25, -0.2) is 13.8 Å². The number of hydrogen-bond acceptors (Lipinski definition) is 4. The lowest BCUT2D eigenvalue weighted by Crippen LogP contribution is -2.43. The summed E-state index contributed by atoms with van der Waals surface area (Å²) in [6.07, 6.45) is 3.72. The van der Waals surface area contributed by atoms with Gasteiger partial charge in [0.2, 0.25) is 5.88 Å². The average molecular weight is 451 g/mol. The van der Waals surface area contributed by atoms with E-state index in [4.69, 9.17) is 4.74 Å². The first-order valence-corrected chi connectivity index (χ1v) is 10.7. The molecule has 0 radical (unpaired) electrons. The lowest BCUT2D eigenvalue weighted by atomic mass is 9.90. The van der Waals surface area contributed by atoms with Gasteiger partial charge >= 0.3 is 0 Å². The van der Waals surface area contributed by atoms with Crippen LogP contribution in [0.25, 0.3) is 0 Å². The Balaban J connectivity index is 1.35. The van der Waals surface area contributed by atoms with Crippen LogP contribution >= 0.6 is 0 Å². The molecule has 0 unspecified atom stereocenters. The minimum Gasteiger partial charge on any atom is -0.438 e. The Morgan fingerprint density at radius 2 is 1.42 bits per heavy atom. The minimum absolute atomic E-state index is 0.0269. The Hall–Kier alpha value is -3.81. The van der Waals surface area contributed by atoms with E-state index >= 15 is 0 Å². The van der Waals surface area contributed by atoms with Crippen LogP contribution in [0, 0.1) is 11.6 Å². The molecule has 0 bridgehead atoms. The molecular formula is C25H23F2N3O3. The Morgan fingerprint density at radius 3 is 2.06 bits per heavy atom. The number of nitrogens with one attached hydrogen (secondary N) is 2. The Bertz CT molecular complexity index is 1120. The van der Waals surface area contributed by atoms with Crippen LogP contribution in [0.2, 0.25) is 0 Å². The number of ether oxygens (including phenoxy) is 1. The van der Waals surface area contributed by atoms with Crippen LogP contribution in [-0.4, -0.2) is 28.9 Å². The zero-order valence-electron chi connectivity index (χ0n) is 17.8. The fourth-order valence-electron chi connectivity index (χ4n) is 3.79. The number of rotatable bonds is 6. The van der Waals surface area contributed by atoms with Gasteiger partial charge in [-0.15, -0.1) is 0 Å². The van der Waals surface area contributed by atoms with E-state index in [-0.39, 0.29) is 35.2 Å². The molecule has 2 amide bonds. The van der Waals surface area contributed by atoms with Gasteiger partial charge in [-0.2, -0.15) is 0 Å². The Labute approximate surface area is 190 Å². The fraction of sp³-hybridized carbons (Fsp3) is 0.240. The summed E-state index contributed by atoms with van der Waals surface area (Å²) in [5.41, 5.74) is 0.569. The highest BCUT2D eigenvalue weighted by Gasteiger charge is 2.26. The number of amides is 2. The fourth-order valence-corrected chi connectivity index (χ4v) is 3.79. The average Bonchev–Trinajstić information content (AvgIpc) is 2.83. The van der Waals surface area contributed by atoms with Gasteiger partial charge in [0.15, 0.2) is 0 Å². The van der Waals surface area contributed by atoms with Crippen LogP contribution in [0.1, 0.15) is 46.4 Å². The second-order valence-corrected chi connectivity index (χ2v) is 7.92. The van der Waals surface area contributed by atoms with E-state index in [1.54, 1.807) is 12.1 Å². The zero-order valence-corrected chi connectivity index (χ0v) is 17.8. The van der Waals surface area contributed by atoms with Crippen LogP contribution in [0.5, 0.6) is 11.6 Å². The van der Waals surface area contributed by atoms with Crippen molar-refractivity contribution in [3.8, 4) is 11.6 Å². The second-order valence-electron chi connectivity index (χ2n) is 7.92. The molecule has 6 nitrogen and oxygen atoms in total. The van der Waals surface area contributed by atoms with Crippen LogP contribution in [0.4, 0.5) is 8.78 Å². The van der Waals surface area contributed by atoms with Gasteiger partial charge in [-0.3, -0.25) is 9.59 Å². The van der Waals surface area contributed by atoms with Crippen LogP contribution in [0.3, 0.4) is 0 Å². The van der Waals surface area contributed by atoms with Crippen molar-refractivity contribution in [3.63, 3.8) is 0 Å². The monoisotopic (exact) mass is 451 g/mol. The smallest absolute Gasteiger partial charge is 0.257 e. The third kappa shape index (κ3) is 5.91. The molecule has 0 saturated heterocycles. The molecule has 4 rings (SSSR count). The molecule has 8 heteroatoms. The van der Waals surface area contributed by atoms with Crippen molar-refractivity contribution in [2.45, 2.75) is 37.8 Å². The van der Waals surface area contributed by atoms with Crippen molar-refractivity contribution in [2.75, 3.05) is 0 Å². The van der Waals surface area contributed by atoms with Crippen molar-refractivity contribution < 1.29 is 23.1 Å². The Morgan fingerprint density at radius 1 is 0.818 bits per heavy atom. The lowest BCUT2D eigenvalue weighted by molar-refractivity contribution is 0.0890. The standard InChI is InChI=1S/C25H23F2N3O3/c26-17-6-12-21(13-7-17)33-25-22(14-18(27)15-28-25)24(32)30-20-10-8-19(9-11-20)29-23(31)16-4-2-1-3-5-16/h1-7,12-15,19-20H,8-11H2,(H,29,31)(H,30,32). The number of halogens is 2. The molecule has 1 heterocycles. The molecular weight excluding hydrogens is 428 g/mol. The van der Waals surface area contributed by atoms with Crippen LogP contribution < -0.4 is 15.4 Å². The topological polar surface area (TPSA) is 80.3 Å². The number of nitrogens with zero attached hydrogens (tertiary/aromatic N) is 1. The summed E-state index contributed by atoms with van der Waals surface area (Å²) in [6.45, 7) is 0. The molecule has 170 valence electrons. The summed E-state index contributed by atoms with van der Waals surface area (Å²) in [6, 6.07) is 15.2. The van der Waals surface area contributed by atoms with E-state index in [0.717, 1.165) is 12.3 Å². The first-order chi connectivity index (χ1) is 16.0. The van der Waals surface area contributed by atoms with E-state index in [0.29, 0.717) is 31.2 Å². The lowest BCUT2D eigenvalue weighted by Gasteiger charge is -2.29. The molecule has 3 aromatic rings. The van der Waals surface area contributed by atoms with Crippen molar-refractivity contribution in [2.24, 2.45) is 0 Å². The largest absolute Gasteiger partial charge is 0.438 e. The number of carbonyl (C=O) groups is 2. The van der Waals surface area contributed by atoms with Crippen LogP contribution in [0.15, 0.2) is 66.9 Å².